The minimum atomic E-state index is 0.328. The van der Waals surface area contributed by atoms with Gasteiger partial charge in [0.15, 0.2) is 0 Å². The molecule has 1 aromatic carbocycles. The molecule has 18 heavy (non-hydrogen) atoms. The lowest BCUT2D eigenvalue weighted by molar-refractivity contribution is 0.166. The second kappa shape index (κ2) is 6.38. The lowest BCUT2D eigenvalue weighted by Gasteiger charge is -2.33. The Morgan fingerprint density at radius 1 is 1.44 bits per heavy atom. The maximum absolute atomic E-state index is 6.11. The first kappa shape index (κ1) is 14.3. The van der Waals surface area contributed by atoms with Crippen molar-refractivity contribution < 1.29 is 0 Å². The highest BCUT2D eigenvalue weighted by atomic mass is 79.9. The lowest BCUT2D eigenvalue weighted by Crippen LogP contribution is -2.39. The summed E-state index contributed by atoms with van der Waals surface area (Å²) in [5, 5.41) is 0.790. The molecule has 0 radical (unpaired) electrons. The Kier molecular flexibility index (Phi) is 5.07. The summed E-state index contributed by atoms with van der Waals surface area (Å²) in [5.41, 5.74) is 7.24. The minimum absolute atomic E-state index is 0.328. The maximum atomic E-state index is 6.11. The fourth-order valence-electron chi connectivity index (χ4n) is 2.53. The van der Waals surface area contributed by atoms with Gasteiger partial charge in [-0.15, -0.1) is 0 Å². The molecule has 1 heterocycles. The Bertz CT molecular complexity index is 401. The number of nitrogens with two attached hydrogens (primary N) is 1. The van der Waals surface area contributed by atoms with E-state index in [4.69, 9.17) is 17.3 Å². The molecule has 1 aliphatic heterocycles. The molecule has 0 amide bonds. The first-order valence-electron chi connectivity index (χ1n) is 6.48. The Labute approximate surface area is 123 Å². The molecule has 2 rings (SSSR count). The number of likely N-dealkylation sites (tertiary alicyclic amines) is 1. The summed E-state index contributed by atoms with van der Waals surface area (Å²) in [7, 11) is 0. The number of hydrogen-bond acceptors (Lipinski definition) is 2. The molecule has 1 fully saturated rings. The van der Waals surface area contributed by atoms with Crippen molar-refractivity contribution >= 4 is 27.5 Å². The molecule has 0 aromatic heterocycles. The average molecular weight is 332 g/mol. The average Bonchev–Trinajstić information content (AvgIpc) is 2.34. The first-order chi connectivity index (χ1) is 8.56. The number of rotatable bonds is 3. The molecule has 1 atom stereocenters. The lowest BCUT2D eigenvalue weighted by atomic mass is 9.91. The third-order valence-corrected chi connectivity index (χ3v) is 5.00. The van der Waals surface area contributed by atoms with Gasteiger partial charge in [0.1, 0.15) is 0 Å². The first-order valence-corrected chi connectivity index (χ1v) is 7.65. The van der Waals surface area contributed by atoms with Crippen LogP contribution in [0.1, 0.15) is 25.3 Å². The largest absolute Gasteiger partial charge is 0.328 e. The van der Waals surface area contributed by atoms with Crippen molar-refractivity contribution in [1.82, 2.24) is 4.90 Å². The molecule has 1 aliphatic rings. The van der Waals surface area contributed by atoms with E-state index in [2.05, 4.69) is 33.8 Å². The van der Waals surface area contributed by atoms with Crippen molar-refractivity contribution in [2.45, 2.75) is 32.4 Å². The van der Waals surface area contributed by atoms with Crippen molar-refractivity contribution in [2.24, 2.45) is 11.7 Å². The van der Waals surface area contributed by atoms with Crippen LogP contribution in [0.3, 0.4) is 0 Å². The number of piperidine rings is 1. The van der Waals surface area contributed by atoms with Gasteiger partial charge in [-0.25, -0.2) is 0 Å². The third kappa shape index (κ3) is 3.70. The van der Waals surface area contributed by atoms with Crippen LogP contribution in [0.25, 0.3) is 0 Å². The molecule has 100 valence electrons. The van der Waals surface area contributed by atoms with E-state index >= 15 is 0 Å². The molecule has 1 unspecified atom stereocenters. The van der Waals surface area contributed by atoms with Gasteiger partial charge in [0, 0.05) is 17.1 Å². The van der Waals surface area contributed by atoms with Crippen molar-refractivity contribution in [3.63, 3.8) is 0 Å². The second-order valence-corrected chi connectivity index (χ2v) is 6.48. The molecule has 0 aliphatic carbocycles. The highest BCUT2D eigenvalue weighted by Gasteiger charge is 2.21. The van der Waals surface area contributed by atoms with E-state index < -0.39 is 0 Å². The number of hydrogen-bond donors (Lipinski definition) is 1. The van der Waals surface area contributed by atoms with Crippen LogP contribution in [0.4, 0.5) is 0 Å². The van der Waals surface area contributed by atoms with Crippen molar-refractivity contribution in [2.75, 3.05) is 13.1 Å². The van der Waals surface area contributed by atoms with E-state index in [0.717, 1.165) is 29.1 Å². The summed E-state index contributed by atoms with van der Waals surface area (Å²) >= 11 is 9.53. The molecule has 2 N–H and O–H groups in total. The molecule has 1 saturated heterocycles. The number of halogens is 2. The Balaban J connectivity index is 1.89. The van der Waals surface area contributed by atoms with Crippen molar-refractivity contribution in [1.29, 1.82) is 0 Å². The second-order valence-electron chi connectivity index (χ2n) is 5.22. The molecular weight excluding hydrogens is 312 g/mol. The van der Waals surface area contributed by atoms with E-state index in [1.165, 1.54) is 18.4 Å². The van der Waals surface area contributed by atoms with Gasteiger partial charge >= 0.3 is 0 Å². The fourth-order valence-corrected chi connectivity index (χ4v) is 2.98. The summed E-state index contributed by atoms with van der Waals surface area (Å²) < 4.78 is 0.962. The SMILES string of the molecule is CC(N)C1CCN(Cc2ccc(Br)c(Cl)c2)CC1. The van der Waals surface area contributed by atoms with Gasteiger partial charge in [-0.1, -0.05) is 17.7 Å². The summed E-state index contributed by atoms with van der Waals surface area (Å²) in [6, 6.07) is 6.53. The topological polar surface area (TPSA) is 29.3 Å². The monoisotopic (exact) mass is 330 g/mol. The predicted octanol–water partition coefficient (Wildman–Crippen LogP) is 3.66. The Morgan fingerprint density at radius 3 is 2.67 bits per heavy atom. The van der Waals surface area contributed by atoms with Crippen LogP contribution >= 0.6 is 27.5 Å². The van der Waals surface area contributed by atoms with Crippen LogP contribution in [-0.2, 0) is 6.54 Å². The Hall–Kier alpha value is -0.0900. The fraction of sp³-hybridized carbons (Fsp3) is 0.571. The number of benzene rings is 1. The van der Waals surface area contributed by atoms with E-state index in [0.29, 0.717) is 12.0 Å². The highest BCUT2D eigenvalue weighted by molar-refractivity contribution is 9.10. The molecule has 2 nitrogen and oxygen atoms in total. The van der Waals surface area contributed by atoms with Gasteiger partial charge in [0.2, 0.25) is 0 Å². The summed E-state index contributed by atoms with van der Waals surface area (Å²) in [5.74, 6) is 0.690. The molecule has 0 bridgehead atoms. The van der Waals surface area contributed by atoms with Crippen molar-refractivity contribution in [3.8, 4) is 0 Å². The zero-order chi connectivity index (χ0) is 13.1. The third-order valence-electron chi connectivity index (χ3n) is 3.77. The van der Waals surface area contributed by atoms with Crippen LogP contribution < -0.4 is 5.73 Å². The predicted molar refractivity (Wildman–Crippen MR) is 80.8 cm³/mol. The zero-order valence-corrected chi connectivity index (χ0v) is 13.0. The quantitative estimate of drug-likeness (QED) is 0.916. The van der Waals surface area contributed by atoms with Gasteiger partial charge in [0.25, 0.3) is 0 Å². The van der Waals surface area contributed by atoms with Crippen LogP contribution in [0.15, 0.2) is 22.7 Å². The van der Waals surface area contributed by atoms with Gasteiger partial charge < -0.3 is 5.73 Å². The van der Waals surface area contributed by atoms with Gasteiger partial charge in [-0.3, -0.25) is 4.90 Å². The van der Waals surface area contributed by atoms with Crippen molar-refractivity contribution in [3.05, 3.63) is 33.3 Å². The standard InChI is InChI=1S/C14H20BrClN2/c1-10(17)12-4-6-18(7-5-12)9-11-2-3-13(15)14(16)8-11/h2-3,8,10,12H,4-7,9,17H2,1H3. The molecular formula is C14H20BrClN2. The summed E-state index contributed by atoms with van der Waals surface area (Å²) in [6.45, 7) is 5.38. The summed E-state index contributed by atoms with van der Waals surface area (Å²) in [6.07, 6.45) is 2.42. The zero-order valence-electron chi connectivity index (χ0n) is 10.7. The van der Waals surface area contributed by atoms with E-state index in [1.54, 1.807) is 0 Å². The van der Waals surface area contributed by atoms with Crippen LogP contribution in [0.2, 0.25) is 5.02 Å². The molecule has 1 aromatic rings. The van der Waals surface area contributed by atoms with E-state index in [1.807, 2.05) is 12.1 Å². The van der Waals surface area contributed by atoms with E-state index in [-0.39, 0.29) is 0 Å². The van der Waals surface area contributed by atoms with Gasteiger partial charge in [-0.05, 0) is 72.4 Å². The summed E-state index contributed by atoms with van der Waals surface area (Å²) in [4.78, 5) is 2.48. The van der Waals surface area contributed by atoms with Gasteiger partial charge in [-0.2, -0.15) is 0 Å². The maximum Gasteiger partial charge on any atom is 0.0551 e. The molecule has 0 spiro atoms. The van der Waals surface area contributed by atoms with Gasteiger partial charge in [0.05, 0.1) is 5.02 Å². The number of nitrogens with zero attached hydrogens (tertiary/aromatic N) is 1. The highest BCUT2D eigenvalue weighted by Crippen LogP contribution is 2.25. The normalized spacial score (nSPS) is 20.0. The smallest absolute Gasteiger partial charge is 0.0551 e. The Morgan fingerprint density at radius 2 is 2.11 bits per heavy atom. The van der Waals surface area contributed by atoms with Crippen LogP contribution in [0, 0.1) is 5.92 Å². The van der Waals surface area contributed by atoms with E-state index in [9.17, 15) is 0 Å². The van der Waals surface area contributed by atoms with Crippen LogP contribution in [-0.4, -0.2) is 24.0 Å². The van der Waals surface area contributed by atoms with Crippen LogP contribution in [0.5, 0.6) is 0 Å². The minimum Gasteiger partial charge on any atom is -0.328 e. The molecule has 4 heteroatoms. The molecule has 0 saturated carbocycles.